The summed E-state index contributed by atoms with van der Waals surface area (Å²) in [5.74, 6) is 0. The maximum atomic E-state index is 9.06. The van der Waals surface area contributed by atoms with Crippen LogP contribution in [0.5, 0.6) is 0 Å². The molecular formula is INaO3S. The molecule has 0 bridgehead atoms. The molecule has 0 fully saturated rings. The van der Waals surface area contributed by atoms with E-state index >= 15 is 0 Å². The van der Waals surface area contributed by atoms with E-state index in [1.165, 1.54) is 0 Å². The zero-order valence-electron chi connectivity index (χ0n) is 3.01. The van der Waals surface area contributed by atoms with Gasteiger partial charge in [0.1, 0.15) is 0 Å². The molecule has 0 rings (SSSR count). The summed E-state index contributed by atoms with van der Waals surface area (Å²) in [6.07, 6.45) is 0. The van der Waals surface area contributed by atoms with Crippen molar-refractivity contribution < 1.29 is 42.5 Å². The predicted octanol–water partition coefficient (Wildman–Crippen LogP) is -3.11. The molecule has 0 saturated carbocycles. The van der Waals surface area contributed by atoms with E-state index in [0.717, 1.165) is 21.2 Å². The minimum absolute atomic E-state index is 0. The topological polar surface area (TPSA) is 57.2 Å². The SMILES string of the molecule is O=S(=O)([O-])I.[Na+]. The summed E-state index contributed by atoms with van der Waals surface area (Å²) in [4.78, 5) is 0. The number of halogens is 1. The zero-order chi connectivity index (χ0) is 4.50. The molecule has 0 amide bonds. The first kappa shape index (κ1) is 10.6. The van der Waals surface area contributed by atoms with Gasteiger partial charge in [-0.3, -0.25) is 0 Å². The van der Waals surface area contributed by atoms with E-state index in [1.54, 1.807) is 0 Å². The third-order valence-corrected chi connectivity index (χ3v) is 0. The van der Waals surface area contributed by atoms with Gasteiger partial charge in [0, 0.05) is 0 Å². The molecule has 0 aromatic carbocycles. The Balaban J connectivity index is 0. The molecule has 0 radical (unpaired) electrons. The molecular weight excluding hydrogens is 230 g/mol. The minimum Gasteiger partial charge on any atom is -0.740 e. The van der Waals surface area contributed by atoms with E-state index in [-0.39, 0.29) is 29.6 Å². The average Bonchev–Trinajstić information content (AvgIpc) is 0.722. The molecule has 0 saturated heterocycles. The summed E-state index contributed by atoms with van der Waals surface area (Å²) in [6.45, 7) is 0. The molecule has 32 valence electrons. The van der Waals surface area contributed by atoms with Crippen LogP contribution >= 0.6 is 21.2 Å². The van der Waals surface area contributed by atoms with Gasteiger partial charge in [0.15, 0.2) is 7.29 Å². The van der Waals surface area contributed by atoms with E-state index in [4.69, 9.17) is 13.0 Å². The molecule has 0 aliphatic rings. The molecule has 0 aliphatic carbocycles. The van der Waals surface area contributed by atoms with Gasteiger partial charge in [-0.05, 0) is 0 Å². The van der Waals surface area contributed by atoms with Gasteiger partial charge in [-0.2, -0.15) is 0 Å². The van der Waals surface area contributed by atoms with E-state index < -0.39 is 7.29 Å². The van der Waals surface area contributed by atoms with Gasteiger partial charge in [-0.25, -0.2) is 8.42 Å². The average molecular weight is 230 g/mol. The molecule has 6 heavy (non-hydrogen) atoms. The smallest absolute Gasteiger partial charge is 0.740 e. The second kappa shape index (κ2) is 3.62. The first-order valence-electron chi connectivity index (χ1n) is 0.654. The van der Waals surface area contributed by atoms with E-state index in [9.17, 15) is 0 Å². The summed E-state index contributed by atoms with van der Waals surface area (Å²) >= 11 is 0.794. The number of rotatable bonds is 0. The van der Waals surface area contributed by atoms with Crippen molar-refractivity contribution >= 4 is 28.5 Å². The zero-order valence-corrected chi connectivity index (χ0v) is 7.98. The molecule has 0 aromatic heterocycles. The summed E-state index contributed by atoms with van der Waals surface area (Å²) in [5, 5.41) is 0. The largest absolute Gasteiger partial charge is 1.00 e. The van der Waals surface area contributed by atoms with Gasteiger partial charge in [0.2, 0.25) is 0 Å². The Morgan fingerprint density at radius 3 is 1.50 bits per heavy atom. The number of hydrogen-bond donors (Lipinski definition) is 0. The van der Waals surface area contributed by atoms with E-state index in [0.29, 0.717) is 0 Å². The van der Waals surface area contributed by atoms with Crippen LogP contribution in [0.1, 0.15) is 0 Å². The molecule has 0 unspecified atom stereocenters. The van der Waals surface area contributed by atoms with Gasteiger partial charge >= 0.3 is 29.6 Å². The Morgan fingerprint density at radius 2 is 1.50 bits per heavy atom. The maximum Gasteiger partial charge on any atom is 1.00 e. The summed E-state index contributed by atoms with van der Waals surface area (Å²) < 4.78 is 27.2. The van der Waals surface area contributed by atoms with Crippen molar-refractivity contribution in [1.82, 2.24) is 0 Å². The Labute approximate surface area is 70.1 Å². The predicted molar refractivity (Wildman–Crippen MR) is 23.7 cm³/mol. The van der Waals surface area contributed by atoms with Crippen LogP contribution in [0, 0.1) is 0 Å². The van der Waals surface area contributed by atoms with Gasteiger partial charge < -0.3 is 4.55 Å². The summed E-state index contributed by atoms with van der Waals surface area (Å²) in [5.41, 5.74) is 0. The van der Waals surface area contributed by atoms with Crippen LogP contribution in [0.4, 0.5) is 0 Å². The maximum absolute atomic E-state index is 9.06. The Bertz CT molecular complexity index is 94.0. The first-order valence-corrected chi connectivity index (χ1v) is 4.61. The van der Waals surface area contributed by atoms with Crippen molar-refractivity contribution in [3.63, 3.8) is 0 Å². The van der Waals surface area contributed by atoms with Crippen molar-refractivity contribution in [2.45, 2.75) is 0 Å². The van der Waals surface area contributed by atoms with Crippen molar-refractivity contribution in [1.29, 1.82) is 0 Å². The second-order valence-electron chi connectivity index (χ2n) is 0.393. The molecule has 0 atom stereocenters. The second-order valence-corrected chi connectivity index (χ2v) is 4.42. The van der Waals surface area contributed by atoms with Crippen molar-refractivity contribution in [3.8, 4) is 0 Å². The molecule has 3 nitrogen and oxygen atoms in total. The van der Waals surface area contributed by atoms with Crippen LogP contribution in [0.2, 0.25) is 0 Å². The van der Waals surface area contributed by atoms with Crippen LogP contribution in [-0.4, -0.2) is 13.0 Å². The van der Waals surface area contributed by atoms with Gasteiger partial charge in [0.05, 0.1) is 21.2 Å². The Morgan fingerprint density at radius 1 is 1.50 bits per heavy atom. The van der Waals surface area contributed by atoms with Crippen LogP contribution in [0.3, 0.4) is 0 Å². The van der Waals surface area contributed by atoms with Gasteiger partial charge in [-0.1, -0.05) is 0 Å². The molecule has 0 N–H and O–H groups in total. The molecule has 0 heterocycles. The third-order valence-electron chi connectivity index (χ3n) is 0. The fraction of sp³-hybridized carbons (Fsp3) is 0. The quantitative estimate of drug-likeness (QED) is 0.191. The first-order chi connectivity index (χ1) is 2.00. The van der Waals surface area contributed by atoms with Crippen LogP contribution in [-0.2, 0) is 7.29 Å². The normalized spacial score (nSPS) is 9.67. The minimum atomic E-state index is -3.95. The summed E-state index contributed by atoms with van der Waals surface area (Å²) in [6, 6.07) is 0. The monoisotopic (exact) mass is 230 g/mol. The standard InChI is InChI=1S/HIO3S.Na/c1-5(2,3)4;/h(H,2,3,4);/q;+1/p-1. The molecule has 0 aromatic rings. The van der Waals surface area contributed by atoms with Crippen molar-refractivity contribution in [2.24, 2.45) is 0 Å². The number of hydrogen-bond acceptors (Lipinski definition) is 3. The fourth-order valence-corrected chi connectivity index (χ4v) is 0. The Kier molecular flexibility index (Phi) is 6.39. The van der Waals surface area contributed by atoms with Crippen LogP contribution in [0.15, 0.2) is 0 Å². The summed E-state index contributed by atoms with van der Waals surface area (Å²) in [7, 11) is -3.95. The van der Waals surface area contributed by atoms with Crippen molar-refractivity contribution in [2.75, 3.05) is 0 Å². The molecule has 0 spiro atoms. The van der Waals surface area contributed by atoms with E-state index in [1.807, 2.05) is 0 Å². The fourth-order valence-electron chi connectivity index (χ4n) is 0. The van der Waals surface area contributed by atoms with Gasteiger partial charge in [-0.15, -0.1) is 0 Å². The van der Waals surface area contributed by atoms with E-state index in [2.05, 4.69) is 0 Å². The molecule has 0 aliphatic heterocycles. The van der Waals surface area contributed by atoms with Crippen molar-refractivity contribution in [3.05, 3.63) is 0 Å². The third kappa shape index (κ3) is 45.1. The molecule has 6 heteroatoms. The van der Waals surface area contributed by atoms with Gasteiger partial charge in [0.25, 0.3) is 0 Å². The Hall–Kier alpha value is 1.64. The van der Waals surface area contributed by atoms with Crippen LogP contribution < -0.4 is 29.6 Å². The van der Waals surface area contributed by atoms with Crippen LogP contribution in [0.25, 0.3) is 0 Å².